The van der Waals surface area contributed by atoms with E-state index >= 15 is 0 Å². The first-order chi connectivity index (χ1) is 13.3. The van der Waals surface area contributed by atoms with Crippen molar-refractivity contribution in [1.29, 1.82) is 0 Å². The van der Waals surface area contributed by atoms with E-state index in [1.807, 2.05) is 0 Å². The number of imidazole rings is 1. The van der Waals surface area contributed by atoms with E-state index in [9.17, 15) is 0 Å². The third kappa shape index (κ3) is 12.3. The Labute approximate surface area is 170 Å². The van der Waals surface area contributed by atoms with E-state index in [1.165, 1.54) is 121 Å². The van der Waals surface area contributed by atoms with E-state index in [-0.39, 0.29) is 0 Å². The Morgan fingerprint density at radius 1 is 0.667 bits per heavy atom. The van der Waals surface area contributed by atoms with Gasteiger partial charge in [0.25, 0.3) is 5.82 Å². The summed E-state index contributed by atoms with van der Waals surface area (Å²) in [6.07, 6.45) is 29.7. The average molecular weight is 378 g/mol. The summed E-state index contributed by atoms with van der Waals surface area (Å²) in [5, 5.41) is 0. The molecule has 27 heavy (non-hydrogen) atoms. The summed E-state index contributed by atoms with van der Waals surface area (Å²) in [6.45, 7) is 4.60. The summed E-state index contributed by atoms with van der Waals surface area (Å²) in [7, 11) is 2.19. The molecule has 0 aliphatic carbocycles. The smallest absolute Gasteiger partial charge is 0.247 e. The molecule has 1 N–H and O–H groups in total. The molecule has 158 valence electrons. The highest BCUT2D eigenvalue weighted by atomic mass is 15.0. The highest BCUT2D eigenvalue weighted by molar-refractivity contribution is 4.89. The van der Waals surface area contributed by atoms with Crippen molar-refractivity contribution in [3.8, 4) is 0 Å². The first kappa shape index (κ1) is 24.2. The first-order valence-corrected chi connectivity index (χ1v) is 12.3. The van der Waals surface area contributed by atoms with Gasteiger partial charge >= 0.3 is 0 Å². The van der Waals surface area contributed by atoms with Crippen molar-refractivity contribution in [1.82, 2.24) is 4.98 Å². The van der Waals surface area contributed by atoms with Crippen molar-refractivity contribution in [2.45, 2.75) is 135 Å². The van der Waals surface area contributed by atoms with Crippen molar-refractivity contribution < 1.29 is 4.57 Å². The van der Waals surface area contributed by atoms with E-state index in [0.717, 1.165) is 5.92 Å². The molecular weight excluding hydrogens is 328 g/mol. The molecule has 1 rings (SSSR count). The van der Waals surface area contributed by atoms with Crippen LogP contribution in [-0.4, -0.2) is 4.98 Å². The molecule has 1 aromatic heterocycles. The molecule has 0 aromatic carbocycles. The lowest BCUT2D eigenvalue weighted by Crippen LogP contribution is -2.32. The van der Waals surface area contributed by atoms with Crippen LogP contribution in [0.15, 0.2) is 12.4 Å². The van der Waals surface area contributed by atoms with Crippen LogP contribution in [0.5, 0.6) is 0 Å². The third-order valence-electron chi connectivity index (χ3n) is 6.11. The Balaban J connectivity index is 2.12. The zero-order valence-corrected chi connectivity index (χ0v) is 18.9. The second kappa shape index (κ2) is 17.3. The molecule has 0 bridgehead atoms. The number of aromatic nitrogens is 2. The number of aromatic amines is 1. The topological polar surface area (TPSA) is 19.7 Å². The normalized spacial score (nSPS) is 12.6. The van der Waals surface area contributed by atoms with Gasteiger partial charge in [0.2, 0.25) is 0 Å². The molecule has 0 spiro atoms. The van der Waals surface area contributed by atoms with Crippen LogP contribution in [0.1, 0.15) is 141 Å². The van der Waals surface area contributed by atoms with Gasteiger partial charge in [-0.15, -0.1) is 0 Å². The van der Waals surface area contributed by atoms with Gasteiger partial charge in [-0.25, -0.2) is 9.55 Å². The fourth-order valence-corrected chi connectivity index (χ4v) is 4.29. The molecule has 2 nitrogen and oxygen atoms in total. The highest BCUT2D eigenvalue weighted by Gasteiger charge is 2.20. The summed E-state index contributed by atoms with van der Waals surface area (Å²) in [6, 6.07) is 0. The lowest BCUT2D eigenvalue weighted by atomic mass is 9.93. The second-order valence-electron chi connectivity index (χ2n) is 8.68. The zero-order chi connectivity index (χ0) is 19.6. The molecule has 0 radical (unpaired) electrons. The average Bonchev–Trinajstić information content (AvgIpc) is 3.10. The molecule has 0 saturated carbocycles. The molecule has 0 fully saturated rings. The van der Waals surface area contributed by atoms with Gasteiger partial charge in [-0.2, -0.15) is 0 Å². The summed E-state index contributed by atoms with van der Waals surface area (Å²) < 4.78 is 2.30. The van der Waals surface area contributed by atoms with Crippen molar-refractivity contribution in [2.24, 2.45) is 7.05 Å². The predicted molar refractivity (Wildman–Crippen MR) is 119 cm³/mol. The van der Waals surface area contributed by atoms with Crippen LogP contribution in [0.4, 0.5) is 0 Å². The summed E-state index contributed by atoms with van der Waals surface area (Å²) >= 11 is 0. The van der Waals surface area contributed by atoms with Gasteiger partial charge in [-0.05, 0) is 12.8 Å². The minimum absolute atomic E-state index is 0.727. The van der Waals surface area contributed by atoms with Crippen LogP contribution in [-0.2, 0) is 7.05 Å². The number of nitrogens with one attached hydrogen (secondary N) is 1. The maximum absolute atomic E-state index is 3.51. The summed E-state index contributed by atoms with van der Waals surface area (Å²) in [4.78, 5) is 3.51. The van der Waals surface area contributed by atoms with E-state index in [2.05, 4.69) is 42.8 Å². The van der Waals surface area contributed by atoms with Crippen molar-refractivity contribution in [2.75, 3.05) is 0 Å². The van der Waals surface area contributed by atoms with Crippen LogP contribution < -0.4 is 4.57 Å². The fraction of sp³-hybridized carbons (Fsp3) is 0.880. The van der Waals surface area contributed by atoms with Crippen LogP contribution in [0.3, 0.4) is 0 Å². The van der Waals surface area contributed by atoms with Crippen molar-refractivity contribution in [3.05, 3.63) is 18.2 Å². The Morgan fingerprint density at radius 3 is 1.44 bits per heavy atom. The van der Waals surface area contributed by atoms with Crippen molar-refractivity contribution >= 4 is 0 Å². The fourth-order valence-electron chi connectivity index (χ4n) is 4.29. The predicted octanol–water partition coefficient (Wildman–Crippen LogP) is 7.98. The number of nitrogens with zero attached hydrogens (tertiary/aromatic N) is 1. The summed E-state index contributed by atoms with van der Waals surface area (Å²) in [5.41, 5.74) is 0. The van der Waals surface area contributed by atoms with Crippen LogP contribution >= 0.6 is 0 Å². The number of aryl methyl sites for hydroxylation is 1. The van der Waals surface area contributed by atoms with Crippen LogP contribution in [0.25, 0.3) is 0 Å². The second-order valence-corrected chi connectivity index (χ2v) is 8.68. The quantitative estimate of drug-likeness (QED) is 0.186. The Kier molecular flexibility index (Phi) is 15.6. The maximum atomic E-state index is 3.51. The molecule has 0 aliphatic heterocycles. The maximum Gasteiger partial charge on any atom is 0.257 e. The molecule has 2 heteroatoms. The Hall–Kier alpha value is -0.790. The first-order valence-electron chi connectivity index (χ1n) is 12.3. The molecule has 1 atom stereocenters. The highest BCUT2D eigenvalue weighted by Crippen LogP contribution is 2.25. The Morgan fingerprint density at radius 2 is 1.07 bits per heavy atom. The standard InChI is InChI=1S/C25H48N2/c1-4-6-8-10-11-12-13-14-15-17-19-21-24(20-18-16-9-7-5-2)25-26-22-23-27(25)3/h22-24H,4-21H2,1-3H3/p+1/t24-/m0/s1. The number of unbranched alkanes of at least 4 members (excludes halogenated alkanes) is 14. The summed E-state index contributed by atoms with van der Waals surface area (Å²) in [5.74, 6) is 2.17. The van der Waals surface area contributed by atoms with Gasteiger partial charge in [-0.3, -0.25) is 0 Å². The molecule has 0 unspecified atom stereocenters. The third-order valence-corrected chi connectivity index (χ3v) is 6.11. The Bertz CT molecular complexity index is 424. The zero-order valence-electron chi connectivity index (χ0n) is 18.9. The van der Waals surface area contributed by atoms with Crippen LogP contribution in [0, 0.1) is 0 Å². The molecule has 0 amide bonds. The van der Waals surface area contributed by atoms with Gasteiger partial charge in [-0.1, -0.05) is 117 Å². The van der Waals surface area contributed by atoms with Gasteiger partial charge in [0.1, 0.15) is 12.4 Å². The van der Waals surface area contributed by atoms with Gasteiger partial charge in [0.15, 0.2) is 0 Å². The van der Waals surface area contributed by atoms with E-state index < -0.39 is 0 Å². The molecule has 1 heterocycles. The molecular formula is C25H49N2+. The number of hydrogen-bond donors (Lipinski definition) is 1. The SMILES string of the molecule is CCCCCCCCCCCCC[C@H](CCCCCCC)c1[nH]cc[n+]1C. The van der Waals surface area contributed by atoms with Gasteiger partial charge < -0.3 is 0 Å². The lowest BCUT2D eigenvalue weighted by molar-refractivity contribution is -0.679. The minimum atomic E-state index is 0.727. The number of H-pyrrole nitrogens is 1. The molecule has 0 aliphatic rings. The van der Waals surface area contributed by atoms with Crippen molar-refractivity contribution in [3.63, 3.8) is 0 Å². The van der Waals surface area contributed by atoms with Gasteiger partial charge in [0.05, 0.1) is 13.0 Å². The molecule has 0 saturated heterocycles. The minimum Gasteiger partial charge on any atom is -0.247 e. The number of hydrogen-bond acceptors (Lipinski definition) is 0. The lowest BCUT2D eigenvalue weighted by Gasteiger charge is -2.13. The van der Waals surface area contributed by atoms with Crippen LogP contribution in [0.2, 0.25) is 0 Å². The van der Waals surface area contributed by atoms with E-state index in [4.69, 9.17) is 0 Å². The van der Waals surface area contributed by atoms with E-state index in [0.29, 0.717) is 0 Å². The van der Waals surface area contributed by atoms with E-state index in [1.54, 1.807) is 0 Å². The monoisotopic (exact) mass is 377 g/mol. The number of rotatable bonds is 19. The largest absolute Gasteiger partial charge is 0.257 e. The van der Waals surface area contributed by atoms with Gasteiger partial charge in [0, 0.05) is 0 Å². The molecule has 1 aromatic rings.